The molecule has 3 rings (SSSR count). The van der Waals surface area contributed by atoms with Crippen LogP contribution in [0.3, 0.4) is 0 Å². The first-order chi connectivity index (χ1) is 9.72. The van der Waals surface area contributed by atoms with Crippen LogP contribution in [0.2, 0.25) is 0 Å². The molecule has 0 atom stereocenters. The molecule has 20 heavy (non-hydrogen) atoms. The van der Waals surface area contributed by atoms with Crippen molar-refractivity contribution < 1.29 is 4.79 Å². The zero-order valence-corrected chi connectivity index (χ0v) is 11.4. The maximum Gasteiger partial charge on any atom is 0.322 e. The zero-order chi connectivity index (χ0) is 13.9. The van der Waals surface area contributed by atoms with Gasteiger partial charge < -0.3 is 10.2 Å². The number of rotatable bonds is 1. The van der Waals surface area contributed by atoms with Crippen LogP contribution >= 0.6 is 0 Å². The average molecular weight is 271 g/mol. The van der Waals surface area contributed by atoms with E-state index in [4.69, 9.17) is 0 Å². The van der Waals surface area contributed by atoms with Gasteiger partial charge in [-0.3, -0.25) is 9.67 Å². The molecule has 0 saturated carbocycles. The Morgan fingerprint density at radius 1 is 1.40 bits per heavy atom. The summed E-state index contributed by atoms with van der Waals surface area (Å²) < 4.78 is 1.99. The summed E-state index contributed by atoms with van der Waals surface area (Å²) in [6.07, 6.45) is 4.24. The first-order valence-corrected chi connectivity index (χ1v) is 6.71. The molecular formula is C14H17N5O. The fourth-order valence-electron chi connectivity index (χ4n) is 2.42. The standard InChI is InChI=1S/C14H17N5O/c1-11-8-13-10-18(6-3-7-19(13)17-11)14(20)16-12-4-2-5-15-9-12/h2,4-5,8-9H,3,6-7,10H2,1H3,(H,16,20). The molecule has 0 radical (unpaired) electrons. The molecule has 1 aliphatic rings. The second-order valence-corrected chi connectivity index (χ2v) is 4.95. The number of pyridine rings is 1. The fraction of sp³-hybridized carbons (Fsp3) is 0.357. The van der Waals surface area contributed by atoms with Crippen LogP contribution in [-0.2, 0) is 13.1 Å². The van der Waals surface area contributed by atoms with Gasteiger partial charge in [0, 0.05) is 19.3 Å². The number of carbonyl (C=O) groups excluding carboxylic acids is 1. The molecule has 104 valence electrons. The SMILES string of the molecule is Cc1cc2n(n1)CCCN(C(=O)Nc1cccnc1)C2. The molecule has 0 fully saturated rings. The summed E-state index contributed by atoms with van der Waals surface area (Å²) in [5, 5.41) is 7.31. The van der Waals surface area contributed by atoms with Gasteiger partial charge in [0.15, 0.2) is 0 Å². The number of nitrogens with one attached hydrogen (secondary N) is 1. The third-order valence-corrected chi connectivity index (χ3v) is 3.34. The lowest BCUT2D eigenvalue weighted by Crippen LogP contribution is -2.34. The Labute approximate surface area is 117 Å². The quantitative estimate of drug-likeness (QED) is 0.863. The van der Waals surface area contributed by atoms with E-state index in [1.807, 2.05) is 28.6 Å². The summed E-state index contributed by atoms with van der Waals surface area (Å²) in [7, 11) is 0. The summed E-state index contributed by atoms with van der Waals surface area (Å²) in [5.41, 5.74) is 2.79. The van der Waals surface area contributed by atoms with Crippen molar-refractivity contribution in [3.8, 4) is 0 Å². The van der Waals surface area contributed by atoms with Crippen molar-refractivity contribution in [2.45, 2.75) is 26.4 Å². The second kappa shape index (κ2) is 5.32. The van der Waals surface area contributed by atoms with Gasteiger partial charge >= 0.3 is 6.03 Å². The highest BCUT2D eigenvalue weighted by molar-refractivity contribution is 5.89. The first kappa shape index (κ1) is 12.7. The highest BCUT2D eigenvalue weighted by Crippen LogP contribution is 2.15. The number of nitrogens with zero attached hydrogens (tertiary/aromatic N) is 4. The molecule has 0 saturated heterocycles. The number of anilines is 1. The minimum Gasteiger partial charge on any atom is -0.319 e. The topological polar surface area (TPSA) is 63.1 Å². The van der Waals surface area contributed by atoms with E-state index in [0.29, 0.717) is 12.2 Å². The highest BCUT2D eigenvalue weighted by atomic mass is 16.2. The summed E-state index contributed by atoms with van der Waals surface area (Å²) in [6.45, 7) is 4.16. The molecule has 1 aliphatic heterocycles. The third-order valence-electron chi connectivity index (χ3n) is 3.34. The lowest BCUT2D eigenvalue weighted by Gasteiger charge is -2.20. The van der Waals surface area contributed by atoms with Gasteiger partial charge in [0.05, 0.1) is 29.8 Å². The molecule has 2 aromatic rings. The van der Waals surface area contributed by atoms with Crippen molar-refractivity contribution in [3.63, 3.8) is 0 Å². The second-order valence-electron chi connectivity index (χ2n) is 4.95. The molecule has 0 bridgehead atoms. The van der Waals surface area contributed by atoms with E-state index in [9.17, 15) is 4.79 Å². The van der Waals surface area contributed by atoms with Gasteiger partial charge in [-0.15, -0.1) is 0 Å². The number of hydrogen-bond acceptors (Lipinski definition) is 3. The highest BCUT2D eigenvalue weighted by Gasteiger charge is 2.20. The summed E-state index contributed by atoms with van der Waals surface area (Å²) in [6, 6.07) is 5.58. The van der Waals surface area contributed by atoms with Gasteiger partial charge in [0.2, 0.25) is 0 Å². The number of aryl methyl sites for hydroxylation is 2. The number of aromatic nitrogens is 3. The van der Waals surface area contributed by atoms with Crippen molar-refractivity contribution in [1.29, 1.82) is 0 Å². The fourth-order valence-corrected chi connectivity index (χ4v) is 2.42. The van der Waals surface area contributed by atoms with Gasteiger partial charge in [0.1, 0.15) is 0 Å². The maximum absolute atomic E-state index is 12.3. The zero-order valence-electron chi connectivity index (χ0n) is 11.4. The van der Waals surface area contributed by atoms with Gasteiger partial charge in [-0.1, -0.05) is 0 Å². The average Bonchev–Trinajstić information content (AvgIpc) is 2.67. The van der Waals surface area contributed by atoms with Crippen LogP contribution in [0.15, 0.2) is 30.6 Å². The van der Waals surface area contributed by atoms with E-state index < -0.39 is 0 Å². The van der Waals surface area contributed by atoms with E-state index in [-0.39, 0.29) is 6.03 Å². The Morgan fingerprint density at radius 2 is 2.30 bits per heavy atom. The Kier molecular flexibility index (Phi) is 3.37. The van der Waals surface area contributed by atoms with Crippen molar-refractivity contribution in [2.24, 2.45) is 0 Å². The molecule has 3 heterocycles. The predicted octanol–water partition coefficient (Wildman–Crippen LogP) is 2.02. The van der Waals surface area contributed by atoms with Gasteiger partial charge in [-0.25, -0.2) is 4.79 Å². The lowest BCUT2D eigenvalue weighted by molar-refractivity contribution is 0.210. The van der Waals surface area contributed by atoms with Crippen LogP contribution in [-0.4, -0.2) is 32.2 Å². The van der Waals surface area contributed by atoms with Crippen LogP contribution < -0.4 is 5.32 Å². The number of carbonyl (C=O) groups is 1. The Bertz CT molecular complexity index is 607. The number of hydrogen-bond donors (Lipinski definition) is 1. The molecule has 0 unspecified atom stereocenters. The summed E-state index contributed by atoms with van der Waals surface area (Å²) in [4.78, 5) is 18.1. The van der Waals surface area contributed by atoms with Crippen LogP contribution in [0.4, 0.5) is 10.5 Å². The molecule has 6 nitrogen and oxygen atoms in total. The molecule has 1 N–H and O–H groups in total. The summed E-state index contributed by atoms with van der Waals surface area (Å²) >= 11 is 0. The van der Waals surface area contributed by atoms with Gasteiger partial charge in [-0.05, 0) is 31.5 Å². The molecule has 0 aromatic carbocycles. The van der Waals surface area contributed by atoms with Crippen molar-refractivity contribution in [3.05, 3.63) is 42.0 Å². The minimum atomic E-state index is -0.0923. The van der Waals surface area contributed by atoms with Crippen LogP contribution in [0.5, 0.6) is 0 Å². The van der Waals surface area contributed by atoms with E-state index in [1.54, 1.807) is 18.5 Å². The van der Waals surface area contributed by atoms with Crippen molar-refractivity contribution >= 4 is 11.7 Å². The van der Waals surface area contributed by atoms with Gasteiger partial charge in [-0.2, -0.15) is 5.10 Å². The lowest BCUT2D eigenvalue weighted by atomic mass is 10.3. The van der Waals surface area contributed by atoms with E-state index >= 15 is 0 Å². The van der Waals surface area contributed by atoms with Crippen LogP contribution in [0.25, 0.3) is 0 Å². The monoisotopic (exact) mass is 271 g/mol. The number of fused-ring (bicyclic) bond motifs is 1. The van der Waals surface area contributed by atoms with E-state index in [1.165, 1.54) is 0 Å². The Morgan fingerprint density at radius 3 is 3.10 bits per heavy atom. The van der Waals surface area contributed by atoms with Crippen molar-refractivity contribution in [1.82, 2.24) is 19.7 Å². The predicted molar refractivity (Wildman–Crippen MR) is 75.2 cm³/mol. The maximum atomic E-state index is 12.3. The van der Waals surface area contributed by atoms with E-state index in [0.717, 1.165) is 30.9 Å². The number of amides is 2. The van der Waals surface area contributed by atoms with Crippen LogP contribution in [0, 0.1) is 6.92 Å². The molecule has 6 heteroatoms. The van der Waals surface area contributed by atoms with Gasteiger partial charge in [0.25, 0.3) is 0 Å². The largest absolute Gasteiger partial charge is 0.322 e. The molecular weight excluding hydrogens is 254 g/mol. The van der Waals surface area contributed by atoms with Crippen LogP contribution in [0.1, 0.15) is 17.8 Å². The Hall–Kier alpha value is -2.37. The minimum absolute atomic E-state index is 0.0923. The Balaban J connectivity index is 1.72. The smallest absolute Gasteiger partial charge is 0.319 e. The molecule has 2 amide bonds. The molecule has 0 aliphatic carbocycles. The van der Waals surface area contributed by atoms with Crippen molar-refractivity contribution in [2.75, 3.05) is 11.9 Å². The first-order valence-electron chi connectivity index (χ1n) is 6.71. The molecule has 0 spiro atoms. The number of urea groups is 1. The molecule has 2 aromatic heterocycles. The summed E-state index contributed by atoms with van der Waals surface area (Å²) in [5.74, 6) is 0. The van der Waals surface area contributed by atoms with E-state index in [2.05, 4.69) is 15.4 Å². The normalized spacial score (nSPS) is 14.6. The third kappa shape index (κ3) is 2.64.